The van der Waals surface area contributed by atoms with Crippen LogP contribution in [-0.2, 0) is 19.1 Å². The zero-order chi connectivity index (χ0) is 45.2. The maximum absolute atomic E-state index is 13.9. The fourth-order valence-electron chi connectivity index (χ4n) is 9.79. The van der Waals surface area contributed by atoms with Crippen molar-refractivity contribution in [3.8, 4) is 5.88 Å². The number of ether oxygens (including phenoxy) is 3. The number of pyridine rings is 1. The van der Waals surface area contributed by atoms with E-state index in [1.165, 1.54) is 14.2 Å². The van der Waals surface area contributed by atoms with E-state index in [2.05, 4.69) is 60.8 Å². The van der Waals surface area contributed by atoms with Gasteiger partial charge < -0.3 is 49.5 Å². The van der Waals surface area contributed by atoms with Gasteiger partial charge in [-0.15, -0.1) is 0 Å². The maximum atomic E-state index is 13.9. The predicted octanol–water partition coefficient (Wildman–Crippen LogP) is 7.40. The molecule has 4 amide bonds. The molecule has 3 aromatic heterocycles. The number of hydrogen-bond donors (Lipinski definition) is 4. The van der Waals surface area contributed by atoms with Gasteiger partial charge in [0.1, 0.15) is 23.7 Å². The molecule has 0 unspecified atom stereocenters. The highest BCUT2D eigenvalue weighted by Crippen LogP contribution is 2.48. The Morgan fingerprint density at radius 1 is 0.688 bits per heavy atom. The number of rotatable bonds is 13. The van der Waals surface area contributed by atoms with E-state index in [4.69, 9.17) is 24.2 Å². The Kier molecular flexibility index (Phi) is 13.0. The molecule has 64 heavy (non-hydrogen) atoms. The number of alkyl carbamates (subject to hydrolysis) is 2. The number of imidazole rings is 2. The molecule has 17 heteroatoms. The van der Waals surface area contributed by atoms with Crippen molar-refractivity contribution in [3.05, 3.63) is 77.5 Å². The van der Waals surface area contributed by atoms with Crippen molar-refractivity contribution >= 4 is 51.8 Å². The second-order valence-electron chi connectivity index (χ2n) is 17.7. The first-order valence-electron chi connectivity index (χ1n) is 22.5. The standard InChI is InChI=1S/C47H60N10O7/c1-8-64-39-20-15-30(25-48-39)57-35(28-13-16-31-33(23-28)51-42(49-31)37-11-9-21-55(37)44(58)40(26(2)3)53-46(60)62-6)18-19-36(57)29-14-17-32-34(24-29)52-43(50-32)38-12-10-22-56(38)45(59)41(27(4)5)54-47(61)63-7/h13-17,20,23-27,35-38,40-41H,8-12,18-19,21-22H2,1-7H3,(H,49,51)(H,50,52)(H,53,60)(H,54,61)/t35-,36-,37+,38+,40+,41+/m1/s1. The van der Waals surface area contributed by atoms with Crippen molar-refractivity contribution in [3.63, 3.8) is 0 Å². The van der Waals surface area contributed by atoms with Gasteiger partial charge in [0.25, 0.3) is 0 Å². The van der Waals surface area contributed by atoms with Gasteiger partial charge in [0.2, 0.25) is 17.7 Å². The van der Waals surface area contributed by atoms with Gasteiger partial charge in [0.15, 0.2) is 0 Å². The van der Waals surface area contributed by atoms with E-state index >= 15 is 0 Å². The number of nitrogens with one attached hydrogen (secondary N) is 4. The predicted molar refractivity (Wildman–Crippen MR) is 240 cm³/mol. The molecule has 3 aliphatic heterocycles. The third-order valence-electron chi connectivity index (χ3n) is 13.0. The summed E-state index contributed by atoms with van der Waals surface area (Å²) in [6.07, 6.45) is 5.55. The molecule has 5 aromatic rings. The highest BCUT2D eigenvalue weighted by molar-refractivity contribution is 5.87. The number of hydrogen-bond acceptors (Lipinski definition) is 11. The number of aromatic nitrogens is 5. The number of likely N-dealkylation sites (tertiary alicyclic amines) is 2. The number of methoxy groups -OCH3 is 2. The lowest BCUT2D eigenvalue weighted by molar-refractivity contribution is -0.136. The smallest absolute Gasteiger partial charge is 0.407 e. The van der Waals surface area contributed by atoms with E-state index in [9.17, 15) is 19.2 Å². The molecule has 2 aromatic carbocycles. The van der Waals surface area contributed by atoms with Gasteiger partial charge >= 0.3 is 12.2 Å². The Morgan fingerprint density at radius 2 is 1.17 bits per heavy atom. The molecule has 0 spiro atoms. The molecule has 0 saturated carbocycles. The average molecular weight is 877 g/mol. The van der Waals surface area contributed by atoms with Crippen LogP contribution in [0, 0.1) is 11.8 Å². The fraction of sp³-hybridized carbons (Fsp3) is 0.511. The monoisotopic (exact) mass is 876 g/mol. The minimum Gasteiger partial charge on any atom is -0.478 e. The van der Waals surface area contributed by atoms with Gasteiger partial charge in [-0.1, -0.05) is 39.8 Å². The van der Waals surface area contributed by atoms with E-state index in [1.54, 1.807) is 0 Å². The minimum absolute atomic E-state index is 0.000216. The van der Waals surface area contributed by atoms with Crippen LogP contribution < -0.4 is 20.3 Å². The molecule has 6 atom stereocenters. The van der Waals surface area contributed by atoms with Gasteiger partial charge in [0, 0.05) is 19.2 Å². The summed E-state index contributed by atoms with van der Waals surface area (Å²) in [5.74, 6) is 1.47. The van der Waals surface area contributed by atoms with Crippen molar-refractivity contribution in [2.45, 2.75) is 109 Å². The molecular weight excluding hydrogens is 817 g/mol. The number of benzene rings is 2. The summed E-state index contributed by atoms with van der Waals surface area (Å²) < 4.78 is 15.4. The van der Waals surface area contributed by atoms with Crippen molar-refractivity contribution in [1.82, 2.24) is 45.4 Å². The maximum Gasteiger partial charge on any atom is 0.407 e. The molecule has 3 aliphatic rings. The van der Waals surface area contributed by atoms with Gasteiger partial charge in [-0.25, -0.2) is 24.5 Å². The zero-order valence-corrected chi connectivity index (χ0v) is 37.7. The summed E-state index contributed by atoms with van der Waals surface area (Å²) in [5, 5.41) is 5.46. The van der Waals surface area contributed by atoms with Crippen LogP contribution in [0.4, 0.5) is 15.3 Å². The summed E-state index contributed by atoms with van der Waals surface area (Å²) in [6, 6.07) is 14.8. The first kappa shape index (κ1) is 44.2. The Balaban J connectivity index is 1.07. The van der Waals surface area contributed by atoms with Crippen LogP contribution in [0.5, 0.6) is 5.88 Å². The van der Waals surface area contributed by atoms with E-state index in [0.717, 1.165) is 89.1 Å². The fourth-order valence-corrected chi connectivity index (χ4v) is 9.79. The van der Waals surface area contributed by atoms with Crippen LogP contribution in [0.2, 0.25) is 0 Å². The highest BCUT2D eigenvalue weighted by atomic mass is 16.5. The summed E-state index contributed by atoms with van der Waals surface area (Å²) in [6.45, 7) is 11.2. The molecule has 340 valence electrons. The van der Waals surface area contributed by atoms with Crippen LogP contribution >= 0.6 is 0 Å². The number of carbonyl (C=O) groups is 4. The molecule has 0 bridgehead atoms. The number of anilines is 1. The van der Waals surface area contributed by atoms with Crippen molar-refractivity contribution < 1.29 is 33.4 Å². The second kappa shape index (κ2) is 18.8. The number of H-pyrrole nitrogens is 2. The van der Waals surface area contributed by atoms with Crippen LogP contribution in [0.25, 0.3) is 22.1 Å². The number of aromatic amines is 2. The molecule has 4 N–H and O–H groups in total. The minimum atomic E-state index is -0.715. The normalized spacial score (nSPS) is 20.9. The molecule has 3 fully saturated rings. The Morgan fingerprint density at radius 3 is 1.58 bits per heavy atom. The quantitative estimate of drug-likeness (QED) is 0.0919. The van der Waals surface area contributed by atoms with Crippen LogP contribution in [0.15, 0.2) is 54.7 Å². The third-order valence-corrected chi connectivity index (χ3v) is 13.0. The average Bonchev–Trinajstić information content (AvgIpc) is 4.15. The Hall–Kier alpha value is -6.39. The lowest BCUT2D eigenvalue weighted by Gasteiger charge is -2.33. The van der Waals surface area contributed by atoms with Crippen molar-refractivity contribution in [2.75, 3.05) is 38.8 Å². The first-order valence-corrected chi connectivity index (χ1v) is 22.5. The zero-order valence-electron chi connectivity index (χ0n) is 37.7. The summed E-state index contributed by atoms with van der Waals surface area (Å²) in [4.78, 5) is 79.9. The van der Waals surface area contributed by atoms with Gasteiger partial charge in [0.05, 0.1) is 78.9 Å². The van der Waals surface area contributed by atoms with Crippen molar-refractivity contribution in [1.29, 1.82) is 0 Å². The van der Waals surface area contributed by atoms with Crippen LogP contribution in [0.3, 0.4) is 0 Å². The third kappa shape index (κ3) is 8.76. The number of carbonyl (C=O) groups excluding carboxylic acids is 4. The molecule has 6 heterocycles. The van der Waals surface area contributed by atoms with Crippen molar-refractivity contribution in [2.24, 2.45) is 11.8 Å². The second-order valence-corrected chi connectivity index (χ2v) is 17.7. The summed E-state index contributed by atoms with van der Waals surface area (Å²) >= 11 is 0. The highest BCUT2D eigenvalue weighted by Gasteiger charge is 2.40. The van der Waals surface area contributed by atoms with Gasteiger partial charge in [-0.05, 0) is 98.7 Å². The molecule has 8 rings (SSSR count). The van der Waals surface area contributed by atoms with Crippen LogP contribution in [-0.4, -0.2) is 105 Å². The van der Waals surface area contributed by atoms with E-state index < -0.39 is 24.3 Å². The van der Waals surface area contributed by atoms with Crippen LogP contribution in [0.1, 0.15) is 120 Å². The number of fused-ring (bicyclic) bond motifs is 2. The molecular formula is C47H60N10O7. The van der Waals surface area contributed by atoms with Gasteiger partial charge in [-0.3, -0.25) is 9.59 Å². The largest absolute Gasteiger partial charge is 0.478 e. The first-order chi connectivity index (χ1) is 30.9. The van der Waals surface area contributed by atoms with E-state index in [0.29, 0.717) is 25.6 Å². The topological polar surface area (TPSA) is 200 Å². The Bertz CT molecular complexity index is 2340. The molecule has 3 saturated heterocycles. The lowest BCUT2D eigenvalue weighted by atomic mass is 10.0. The molecule has 17 nitrogen and oxygen atoms in total. The summed E-state index contributed by atoms with van der Waals surface area (Å²) in [5.41, 5.74) is 6.62. The number of amides is 4. The number of nitrogens with zero attached hydrogens (tertiary/aromatic N) is 6. The SMILES string of the molecule is CCOc1ccc(N2[C@@H](c3ccc4nc([C@@H]5CCCN5C(=O)[C@@H](NC(=O)OC)C(C)C)[nH]c4c3)CC[C@@H]2c2ccc3nc([C@@H]4CCCN4C(=O)[C@@H](NC(=O)OC)C(C)C)[nH]c3c2)cn1. The van der Waals surface area contributed by atoms with E-state index in [1.807, 2.05) is 68.8 Å². The van der Waals surface area contributed by atoms with E-state index in [-0.39, 0.29) is 47.8 Å². The molecule has 0 radical (unpaired) electrons. The molecule has 0 aliphatic carbocycles. The Labute approximate surface area is 373 Å². The van der Waals surface area contributed by atoms with Gasteiger partial charge in [-0.2, -0.15) is 0 Å². The lowest BCUT2D eigenvalue weighted by Crippen LogP contribution is -2.51. The summed E-state index contributed by atoms with van der Waals surface area (Å²) in [7, 11) is 2.59.